The Hall–Kier alpha value is -1.81. The first kappa shape index (κ1) is 11.3. The maximum atomic E-state index is 5.41. The van der Waals surface area contributed by atoms with Crippen molar-refractivity contribution in [2.75, 3.05) is 5.32 Å². The Labute approximate surface area is 107 Å². The highest BCUT2D eigenvalue weighted by Gasteiger charge is 2.11. The summed E-state index contributed by atoms with van der Waals surface area (Å²) in [6.07, 6.45) is 0. The van der Waals surface area contributed by atoms with Gasteiger partial charge in [-0.05, 0) is 36.2 Å². The number of ether oxygens (including phenoxy) is 1. The molecular formula is C14H17N3O. The van der Waals surface area contributed by atoms with Crippen molar-refractivity contribution in [2.45, 2.75) is 26.7 Å². The van der Waals surface area contributed by atoms with Gasteiger partial charge >= 0.3 is 0 Å². The lowest BCUT2D eigenvalue weighted by Gasteiger charge is -2.08. The summed E-state index contributed by atoms with van der Waals surface area (Å²) in [5.41, 5.74) is 5.97. The first-order valence-corrected chi connectivity index (χ1v) is 6.15. The number of hydrogen-bond acceptors (Lipinski definition) is 3. The summed E-state index contributed by atoms with van der Waals surface area (Å²) in [5.74, 6) is 0. The lowest BCUT2D eigenvalue weighted by Crippen LogP contribution is -2.05. The average molecular weight is 243 g/mol. The molecule has 1 aliphatic rings. The van der Waals surface area contributed by atoms with Crippen molar-refractivity contribution >= 4 is 5.69 Å². The van der Waals surface area contributed by atoms with E-state index in [0.717, 1.165) is 31.1 Å². The predicted molar refractivity (Wildman–Crippen MR) is 70.2 cm³/mol. The molecule has 0 radical (unpaired) electrons. The van der Waals surface area contributed by atoms with Crippen LogP contribution in [0, 0.1) is 6.92 Å². The summed E-state index contributed by atoms with van der Waals surface area (Å²) in [4.78, 5) is 0. The molecule has 0 atom stereocenters. The van der Waals surface area contributed by atoms with Crippen LogP contribution >= 0.6 is 0 Å². The van der Waals surface area contributed by atoms with Crippen LogP contribution in [0.15, 0.2) is 24.3 Å². The molecule has 1 aromatic carbocycles. The maximum Gasteiger partial charge on any atom is 0.0725 e. The van der Waals surface area contributed by atoms with Crippen LogP contribution in [0.1, 0.15) is 22.5 Å². The Balaban J connectivity index is 1.72. The minimum Gasteiger partial charge on any atom is -0.379 e. The van der Waals surface area contributed by atoms with Crippen LogP contribution in [0.5, 0.6) is 0 Å². The first-order chi connectivity index (χ1) is 8.72. The molecule has 0 fully saturated rings. The number of aryl methyl sites for hydroxylation is 2. The molecule has 1 aromatic heterocycles. The van der Waals surface area contributed by atoms with Crippen LogP contribution in [0.2, 0.25) is 0 Å². The molecule has 18 heavy (non-hydrogen) atoms. The Kier molecular flexibility index (Phi) is 2.80. The normalized spacial score (nSPS) is 13.7. The van der Waals surface area contributed by atoms with Crippen LogP contribution in [-0.4, -0.2) is 9.78 Å². The van der Waals surface area contributed by atoms with Gasteiger partial charge in [-0.25, -0.2) is 0 Å². The SMILES string of the molecule is Cc1cc(CNc2ccc3c(c2)COC3)n(C)n1. The zero-order valence-electron chi connectivity index (χ0n) is 10.7. The molecule has 0 saturated heterocycles. The number of nitrogens with one attached hydrogen (secondary N) is 1. The van der Waals surface area contributed by atoms with Gasteiger partial charge < -0.3 is 10.1 Å². The minimum atomic E-state index is 0.732. The molecule has 4 heteroatoms. The van der Waals surface area contributed by atoms with E-state index in [1.807, 2.05) is 18.7 Å². The second-order valence-electron chi connectivity index (χ2n) is 4.73. The van der Waals surface area contributed by atoms with E-state index in [-0.39, 0.29) is 0 Å². The molecule has 2 aromatic rings. The van der Waals surface area contributed by atoms with Gasteiger partial charge in [0.05, 0.1) is 31.1 Å². The molecule has 0 aliphatic carbocycles. The standard InChI is InChI=1S/C14H17N3O/c1-10-5-14(17(2)16-10)7-15-13-4-3-11-8-18-9-12(11)6-13/h3-6,15H,7-9H2,1-2H3. The van der Waals surface area contributed by atoms with E-state index in [9.17, 15) is 0 Å². The van der Waals surface area contributed by atoms with E-state index in [0.29, 0.717) is 0 Å². The summed E-state index contributed by atoms with van der Waals surface area (Å²) >= 11 is 0. The van der Waals surface area contributed by atoms with Gasteiger partial charge in [0, 0.05) is 12.7 Å². The Bertz CT molecular complexity index is 574. The molecule has 0 unspecified atom stereocenters. The zero-order chi connectivity index (χ0) is 12.5. The lowest BCUT2D eigenvalue weighted by molar-refractivity contribution is 0.134. The number of anilines is 1. The average Bonchev–Trinajstić information content (AvgIpc) is 2.92. The fourth-order valence-electron chi connectivity index (χ4n) is 2.30. The second kappa shape index (κ2) is 4.46. The van der Waals surface area contributed by atoms with Crippen molar-refractivity contribution in [3.05, 3.63) is 46.8 Å². The molecule has 94 valence electrons. The summed E-state index contributed by atoms with van der Waals surface area (Å²) in [7, 11) is 1.97. The Morgan fingerprint density at radius 1 is 1.28 bits per heavy atom. The fraction of sp³-hybridized carbons (Fsp3) is 0.357. The third-order valence-electron chi connectivity index (χ3n) is 3.29. The molecule has 0 saturated carbocycles. The summed E-state index contributed by atoms with van der Waals surface area (Å²) in [6.45, 7) is 4.28. The van der Waals surface area contributed by atoms with Gasteiger partial charge in [0.15, 0.2) is 0 Å². The van der Waals surface area contributed by atoms with Crippen LogP contribution in [0.3, 0.4) is 0 Å². The van der Waals surface area contributed by atoms with Gasteiger partial charge in [0.1, 0.15) is 0 Å². The number of nitrogens with zero attached hydrogens (tertiary/aromatic N) is 2. The first-order valence-electron chi connectivity index (χ1n) is 6.15. The van der Waals surface area contributed by atoms with Gasteiger partial charge in [-0.2, -0.15) is 5.10 Å². The molecule has 4 nitrogen and oxygen atoms in total. The van der Waals surface area contributed by atoms with Crippen molar-refractivity contribution in [1.29, 1.82) is 0 Å². The van der Waals surface area contributed by atoms with Gasteiger partial charge in [0.2, 0.25) is 0 Å². The summed E-state index contributed by atoms with van der Waals surface area (Å²) < 4.78 is 7.33. The lowest BCUT2D eigenvalue weighted by atomic mass is 10.1. The highest BCUT2D eigenvalue weighted by Crippen LogP contribution is 2.23. The van der Waals surface area contributed by atoms with Crippen LogP contribution in [0.4, 0.5) is 5.69 Å². The second-order valence-corrected chi connectivity index (χ2v) is 4.73. The van der Waals surface area contributed by atoms with Crippen molar-refractivity contribution < 1.29 is 4.74 Å². The van der Waals surface area contributed by atoms with Crippen molar-refractivity contribution in [3.63, 3.8) is 0 Å². The van der Waals surface area contributed by atoms with E-state index in [2.05, 4.69) is 34.7 Å². The number of hydrogen-bond donors (Lipinski definition) is 1. The largest absolute Gasteiger partial charge is 0.379 e. The number of fused-ring (bicyclic) bond motifs is 1. The van der Waals surface area contributed by atoms with Crippen molar-refractivity contribution in [2.24, 2.45) is 7.05 Å². The summed E-state index contributed by atoms with van der Waals surface area (Å²) in [6, 6.07) is 8.52. The predicted octanol–water partition coefficient (Wildman–Crippen LogP) is 2.37. The summed E-state index contributed by atoms with van der Waals surface area (Å²) in [5, 5.41) is 7.77. The van der Waals surface area contributed by atoms with E-state index in [1.165, 1.54) is 16.8 Å². The minimum absolute atomic E-state index is 0.732. The third-order valence-corrected chi connectivity index (χ3v) is 3.29. The van der Waals surface area contributed by atoms with E-state index < -0.39 is 0 Å². The quantitative estimate of drug-likeness (QED) is 0.899. The van der Waals surface area contributed by atoms with E-state index in [4.69, 9.17) is 4.74 Å². The van der Waals surface area contributed by atoms with Gasteiger partial charge in [-0.3, -0.25) is 4.68 Å². The molecule has 0 spiro atoms. The zero-order valence-corrected chi connectivity index (χ0v) is 10.7. The molecular weight excluding hydrogens is 226 g/mol. The van der Waals surface area contributed by atoms with Crippen LogP contribution in [0.25, 0.3) is 0 Å². The molecule has 0 amide bonds. The van der Waals surface area contributed by atoms with Crippen molar-refractivity contribution in [1.82, 2.24) is 9.78 Å². The van der Waals surface area contributed by atoms with E-state index >= 15 is 0 Å². The van der Waals surface area contributed by atoms with Crippen LogP contribution < -0.4 is 5.32 Å². The number of rotatable bonds is 3. The van der Waals surface area contributed by atoms with Crippen molar-refractivity contribution in [3.8, 4) is 0 Å². The maximum absolute atomic E-state index is 5.41. The number of aromatic nitrogens is 2. The van der Waals surface area contributed by atoms with Crippen LogP contribution in [-0.2, 0) is 31.5 Å². The van der Waals surface area contributed by atoms with Gasteiger partial charge in [-0.15, -0.1) is 0 Å². The van der Waals surface area contributed by atoms with Gasteiger partial charge in [-0.1, -0.05) is 6.07 Å². The molecule has 1 N–H and O–H groups in total. The smallest absolute Gasteiger partial charge is 0.0725 e. The monoisotopic (exact) mass is 243 g/mol. The molecule has 1 aliphatic heterocycles. The van der Waals surface area contributed by atoms with Gasteiger partial charge in [0.25, 0.3) is 0 Å². The highest BCUT2D eigenvalue weighted by atomic mass is 16.5. The molecule has 0 bridgehead atoms. The highest BCUT2D eigenvalue weighted by molar-refractivity contribution is 5.49. The molecule has 2 heterocycles. The van der Waals surface area contributed by atoms with E-state index in [1.54, 1.807) is 0 Å². The number of benzene rings is 1. The molecule has 3 rings (SSSR count). The topological polar surface area (TPSA) is 39.1 Å². The Morgan fingerprint density at radius 3 is 2.89 bits per heavy atom. The fourth-order valence-corrected chi connectivity index (χ4v) is 2.30. The third kappa shape index (κ3) is 2.11. The Morgan fingerprint density at radius 2 is 2.11 bits per heavy atom.